The fourth-order valence-electron chi connectivity index (χ4n) is 4.11. The highest BCUT2D eigenvalue weighted by molar-refractivity contribution is 5.94. The Morgan fingerprint density at radius 1 is 1.30 bits per heavy atom. The molecule has 2 aliphatic rings. The molecule has 1 unspecified atom stereocenters. The average Bonchev–Trinajstić information content (AvgIpc) is 3.51. The number of carbonyl (C=O) groups excluding carboxylic acids is 1. The first-order valence-electron chi connectivity index (χ1n) is 10.2. The van der Waals surface area contributed by atoms with E-state index in [0.717, 1.165) is 31.2 Å². The lowest BCUT2D eigenvalue weighted by Crippen LogP contribution is -2.29. The molecule has 0 radical (unpaired) electrons. The van der Waals surface area contributed by atoms with E-state index in [1.807, 2.05) is 26.0 Å². The van der Waals surface area contributed by atoms with Crippen molar-refractivity contribution in [2.24, 2.45) is 17.3 Å². The second-order valence-corrected chi connectivity index (χ2v) is 7.87. The lowest BCUT2D eigenvalue weighted by atomic mass is 9.82. The monoisotopic (exact) mass is 408 g/mol. The summed E-state index contributed by atoms with van der Waals surface area (Å²) in [5.74, 6) is 1.18. The molecule has 0 saturated heterocycles. The van der Waals surface area contributed by atoms with Crippen LogP contribution in [0.15, 0.2) is 48.8 Å². The summed E-state index contributed by atoms with van der Waals surface area (Å²) in [4.78, 5) is 25.6. The Balaban J connectivity index is 1.51. The first-order chi connectivity index (χ1) is 14.5. The number of rotatable bonds is 7. The molecular formula is C23H25FN4O2. The van der Waals surface area contributed by atoms with Crippen LogP contribution in [0.2, 0.25) is 0 Å². The van der Waals surface area contributed by atoms with E-state index in [1.54, 1.807) is 6.20 Å². The molecule has 2 aromatic heterocycles. The predicted molar refractivity (Wildman–Crippen MR) is 111 cm³/mol. The summed E-state index contributed by atoms with van der Waals surface area (Å²) in [6.07, 6.45) is 13.5. The van der Waals surface area contributed by atoms with Gasteiger partial charge in [-0.1, -0.05) is 31.2 Å². The Kier molecular flexibility index (Phi) is 5.61. The van der Waals surface area contributed by atoms with Crippen molar-refractivity contribution >= 4 is 11.7 Å². The molecule has 1 saturated carbocycles. The van der Waals surface area contributed by atoms with Crippen molar-refractivity contribution in [1.82, 2.24) is 15.0 Å². The number of allylic oxidation sites excluding steroid dienone is 4. The van der Waals surface area contributed by atoms with Gasteiger partial charge in [0.2, 0.25) is 5.91 Å². The molecule has 1 amide bonds. The Morgan fingerprint density at radius 3 is 2.87 bits per heavy atom. The van der Waals surface area contributed by atoms with Crippen molar-refractivity contribution in [2.45, 2.75) is 33.1 Å². The first kappa shape index (κ1) is 20.2. The fourth-order valence-corrected chi connectivity index (χ4v) is 4.11. The van der Waals surface area contributed by atoms with Crippen LogP contribution in [0.25, 0.3) is 0 Å². The number of amides is 1. The Morgan fingerprint density at radius 2 is 2.17 bits per heavy atom. The minimum Gasteiger partial charge on any atom is -0.489 e. The largest absolute Gasteiger partial charge is 0.489 e. The van der Waals surface area contributed by atoms with Gasteiger partial charge in [-0.15, -0.1) is 0 Å². The molecule has 156 valence electrons. The van der Waals surface area contributed by atoms with Crippen molar-refractivity contribution in [3.8, 4) is 5.75 Å². The molecule has 0 aromatic carbocycles. The molecule has 30 heavy (non-hydrogen) atoms. The van der Waals surface area contributed by atoms with E-state index in [2.05, 4.69) is 32.4 Å². The minimum absolute atomic E-state index is 0.114. The summed E-state index contributed by atoms with van der Waals surface area (Å²) in [5, 5.41) is 2.81. The number of anilines is 1. The number of ether oxygens (including phenoxy) is 1. The van der Waals surface area contributed by atoms with Gasteiger partial charge in [0.05, 0.1) is 24.7 Å². The van der Waals surface area contributed by atoms with Gasteiger partial charge in [0, 0.05) is 11.3 Å². The smallest absolute Gasteiger partial charge is 0.229 e. The number of nitrogens with zero attached hydrogens (tertiary/aromatic N) is 3. The standard InChI is InChI=1S/C23H25FN4O2/c1-3-19-20(13-25-15(2)27-19)30-14-23(16-7-5-4-6-8-16)11-18(23)22(29)28-21-10-9-17(24)12-26-21/h4-7,9-10,12-13,16,18H,3,8,11,14H2,1-2H3,(H,26,28,29)/t16?,18-,23+/m0/s1. The van der Waals surface area contributed by atoms with E-state index in [4.69, 9.17) is 4.74 Å². The molecule has 2 aromatic rings. The van der Waals surface area contributed by atoms with E-state index in [1.165, 1.54) is 12.1 Å². The Hall–Kier alpha value is -3.09. The number of aryl methyl sites for hydroxylation is 2. The zero-order valence-electron chi connectivity index (χ0n) is 17.1. The van der Waals surface area contributed by atoms with Gasteiger partial charge >= 0.3 is 0 Å². The molecule has 7 heteroatoms. The number of aromatic nitrogens is 3. The van der Waals surface area contributed by atoms with Crippen LogP contribution in [0.5, 0.6) is 5.75 Å². The van der Waals surface area contributed by atoms with E-state index in [0.29, 0.717) is 24.0 Å². The van der Waals surface area contributed by atoms with Crippen LogP contribution in [-0.2, 0) is 11.2 Å². The zero-order valence-corrected chi connectivity index (χ0v) is 17.1. The fraction of sp³-hybridized carbons (Fsp3) is 0.391. The molecule has 3 atom stereocenters. The number of hydrogen-bond acceptors (Lipinski definition) is 5. The van der Waals surface area contributed by atoms with Crippen LogP contribution in [0.3, 0.4) is 0 Å². The number of halogens is 1. The second kappa shape index (κ2) is 8.34. The van der Waals surface area contributed by atoms with Gasteiger partial charge in [0.15, 0.2) is 5.75 Å². The number of pyridine rings is 1. The molecule has 4 rings (SSSR count). The van der Waals surface area contributed by atoms with Crippen LogP contribution in [0.4, 0.5) is 10.2 Å². The van der Waals surface area contributed by atoms with Gasteiger partial charge < -0.3 is 10.1 Å². The Bertz CT molecular complexity index is 989. The molecule has 1 fully saturated rings. The summed E-state index contributed by atoms with van der Waals surface area (Å²) in [5.41, 5.74) is 0.565. The summed E-state index contributed by atoms with van der Waals surface area (Å²) < 4.78 is 19.3. The predicted octanol–water partition coefficient (Wildman–Crippen LogP) is 4.04. The third kappa shape index (κ3) is 4.10. The lowest BCUT2D eigenvalue weighted by molar-refractivity contribution is -0.118. The number of hydrogen-bond donors (Lipinski definition) is 1. The van der Waals surface area contributed by atoms with Crippen LogP contribution in [0, 0.1) is 30.0 Å². The van der Waals surface area contributed by atoms with Gasteiger partial charge in [0.25, 0.3) is 0 Å². The number of carbonyl (C=O) groups is 1. The van der Waals surface area contributed by atoms with Crippen LogP contribution in [-0.4, -0.2) is 27.5 Å². The van der Waals surface area contributed by atoms with Crippen LogP contribution >= 0.6 is 0 Å². The first-order valence-corrected chi connectivity index (χ1v) is 10.2. The third-order valence-corrected chi connectivity index (χ3v) is 5.91. The van der Waals surface area contributed by atoms with Gasteiger partial charge in [-0.25, -0.2) is 19.3 Å². The van der Waals surface area contributed by atoms with E-state index in [-0.39, 0.29) is 23.2 Å². The summed E-state index contributed by atoms with van der Waals surface area (Å²) in [7, 11) is 0. The highest BCUT2D eigenvalue weighted by Crippen LogP contribution is 2.60. The summed E-state index contributed by atoms with van der Waals surface area (Å²) in [6.45, 7) is 4.29. The van der Waals surface area contributed by atoms with Crippen molar-refractivity contribution in [2.75, 3.05) is 11.9 Å². The molecule has 0 spiro atoms. The van der Waals surface area contributed by atoms with Crippen LogP contribution in [0.1, 0.15) is 31.3 Å². The van der Waals surface area contributed by atoms with Crippen molar-refractivity contribution < 1.29 is 13.9 Å². The van der Waals surface area contributed by atoms with E-state index in [9.17, 15) is 9.18 Å². The normalized spacial score (nSPS) is 24.5. The molecule has 0 aliphatic heterocycles. The molecule has 0 bridgehead atoms. The summed E-state index contributed by atoms with van der Waals surface area (Å²) >= 11 is 0. The highest BCUT2D eigenvalue weighted by Gasteiger charge is 2.62. The molecule has 2 aliphatic carbocycles. The molecule has 1 N–H and O–H groups in total. The average molecular weight is 408 g/mol. The van der Waals surface area contributed by atoms with Gasteiger partial charge in [-0.05, 0) is 44.2 Å². The van der Waals surface area contributed by atoms with Crippen LogP contribution < -0.4 is 10.1 Å². The van der Waals surface area contributed by atoms with E-state index >= 15 is 0 Å². The molecular weight excluding hydrogens is 383 g/mol. The SMILES string of the molecule is CCc1nc(C)ncc1OC[C@@]1(C2C=CC=CC2)C[C@H]1C(=O)Nc1ccc(F)cn1. The number of nitrogens with one attached hydrogen (secondary N) is 1. The zero-order chi connectivity index (χ0) is 21.1. The quantitative estimate of drug-likeness (QED) is 0.748. The second-order valence-electron chi connectivity index (χ2n) is 7.87. The summed E-state index contributed by atoms with van der Waals surface area (Å²) in [6, 6.07) is 2.75. The third-order valence-electron chi connectivity index (χ3n) is 5.91. The van der Waals surface area contributed by atoms with E-state index < -0.39 is 5.82 Å². The van der Waals surface area contributed by atoms with Gasteiger partial charge in [0.1, 0.15) is 17.5 Å². The maximum Gasteiger partial charge on any atom is 0.229 e. The topological polar surface area (TPSA) is 77.0 Å². The molecule has 2 heterocycles. The van der Waals surface area contributed by atoms with Crippen molar-refractivity contribution in [1.29, 1.82) is 0 Å². The maximum absolute atomic E-state index is 13.1. The lowest BCUT2D eigenvalue weighted by Gasteiger charge is -2.26. The molecule has 6 nitrogen and oxygen atoms in total. The van der Waals surface area contributed by atoms with Gasteiger partial charge in [-0.2, -0.15) is 0 Å². The maximum atomic E-state index is 13.1. The highest BCUT2D eigenvalue weighted by atomic mass is 19.1. The Labute approximate surface area is 175 Å². The minimum atomic E-state index is -0.437. The van der Waals surface area contributed by atoms with Crippen molar-refractivity contribution in [3.05, 3.63) is 66.2 Å². The van der Waals surface area contributed by atoms with Crippen molar-refractivity contribution in [3.63, 3.8) is 0 Å². The van der Waals surface area contributed by atoms with Gasteiger partial charge in [-0.3, -0.25) is 4.79 Å².